The molecule has 1 fully saturated rings. The zero-order valence-electron chi connectivity index (χ0n) is 22.6. The van der Waals surface area contributed by atoms with Crippen LogP contribution in [0.1, 0.15) is 29.8 Å². The molecule has 0 radical (unpaired) electrons. The van der Waals surface area contributed by atoms with Crippen molar-refractivity contribution in [2.75, 3.05) is 60.3 Å². The lowest BCUT2D eigenvalue weighted by Crippen LogP contribution is -2.47. The Hall–Kier alpha value is -4.20. The number of piperazine rings is 1. The van der Waals surface area contributed by atoms with Gasteiger partial charge in [-0.05, 0) is 60.9 Å². The van der Waals surface area contributed by atoms with Gasteiger partial charge in [-0.3, -0.25) is 4.79 Å². The van der Waals surface area contributed by atoms with Gasteiger partial charge in [0.25, 0.3) is 5.91 Å². The minimum absolute atomic E-state index is 0.149. The largest absolute Gasteiger partial charge is 0.495 e. The number of carbonyl (C=O) groups excluding carboxylic acids is 2. The van der Waals surface area contributed by atoms with Gasteiger partial charge in [-0.25, -0.2) is 4.79 Å². The molecule has 1 saturated heterocycles. The molecule has 4 rings (SSSR count). The normalized spacial score (nSPS) is 13.3. The lowest BCUT2D eigenvalue weighted by molar-refractivity contribution is 0.0949. The van der Waals surface area contributed by atoms with Crippen LogP contribution in [0.25, 0.3) is 0 Å². The molecule has 0 spiro atoms. The number of aryl methyl sites for hydroxylation is 1. The van der Waals surface area contributed by atoms with E-state index in [0.29, 0.717) is 29.4 Å². The highest BCUT2D eigenvalue weighted by molar-refractivity contribution is 6.04. The van der Waals surface area contributed by atoms with Gasteiger partial charge in [-0.15, -0.1) is 0 Å². The number of rotatable bonds is 8. The number of anilines is 4. The average Bonchev–Trinajstić information content (AvgIpc) is 2.91. The van der Waals surface area contributed by atoms with Crippen molar-refractivity contribution in [2.24, 2.45) is 5.92 Å². The standard InChI is InChI=1S/C30H37N5O3/c1-21(2)20-31-29(36)25-19-24(33-30(37)32-23-9-7-8-22(3)18-23)12-13-26(25)34-14-16-35(17-15-34)27-10-5-6-11-28(27)38-4/h5-13,18-19,21H,14-17,20H2,1-4H3,(H,31,36)(H2,32,33,37). The maximum Gasteiger partial charge on any atom is 0.323 e. The summed E-state index contributed by atoms with van der Waals surface area (Å²) < 4.78 is 5.55. The number of benzene rings is 3. The summed E-state index contributed by atoms with van der Waals surface area (Å²) in [5.74, 6) is 1.03. The lowest BCUT2D eigenvalue weighted by Gasteiger charge is -2.38. The van der Waals surface area contributed by atoms with Crippen LogP contribution >= 0.6 is 0 Å². The summed E-state index contributed by atoms with van der Waals surface area (Å²) in [6.07, 6.45) is 0. The van der Waals surface area contributed by atoms with E-state index < -0.39 is 0 Å². The summed E-state index contributed by atoms with van der Waals surface area (Å²) >= 11 is 0. The number of carbonyl (C=O) groups is 2. The number of methoxy groups -OCH3 is 1. The molecule has 8 heteroatoms. The van der Waals surface area contributed by atoms with E-state index in [-0.39, 0.29) is 11.9 Å². The summed E-state index contributed by atoms with van der Waals surface area (Å²) in [6, 6.07) is 20.8. The second-order valence-corrected chi connectivity index (χ2v) is 9.93. The summed E-state index contributed by atoms with van der Waals surface area (Å²) in [7, 11) is 1.69. The Morgan fingerprint density at radius 3 is 2.16 bits per heavy atom. The first-order chi connectivity index (χ1) is 18.3. The molecule has 3 N–H and O–H groups in total. The van der Waals surface area contributed by atoms with Crippen molar-refractivity contribution in [3.8, 4) is 5.75 Å². The van der Waals surface area contributed by atoms with E-state index in [1.165, 1.54) is 0 Å². The Balaban J connectivity index is 1.51. The second kappa shape index (κ2) is 12.4. The van der Waals surface area contributed by atoms with Gasteiger partial charge in [0.05, 0.1) is 18.4 Å². The molecular formula is C30H37N5O3. The van der Waals surface area contributed by atoms with Gasteiger partial charge in [0, 0.05) is 49.8 Å². The number of hydrogen-bond donors (Lipinski definition) is 3. The van der Waals surface area contributed by atoms with Crippen LogP contribution in [-0.2, 0) is 0 Å². The molecule has 0 aromatic heterocycles. The van der Waals surface area contributed by atoms with Crippen LogP contribution in [0.2, 0.25) is 0 Å². The van der Waals surface area contributed by atoms with Crippen LogP contribution in [0, 0.1) is 12.8 Å². The number of nitrogens with one attached hydrogen (secondary N) is 3. The number of hydrogen-bond acceptors (Lipinski definition) is 5. The van der Waals surface area contributed by atoms with E-state index in [1.807, 2.05) is 61.5 Å². The molecule has 3 aromatic rings. The molecule has 3 amide bonds. The first-order valence-corrected chi connectivity index (χ1v) is 13.0. The zero-order valence-corrected chi connectivity index (χ0v) is 22.6. The van der Waals surface area contributed by atoms with Gasteiger partial charge in [0.15, 0.2) is 0 Å². The molecule has 0 saturated carbocycles. The molecule has 0 bridgehead atoms. The van der Waals surface area contributed by atoms with Crippen molar-refractivity contribution in [1.29, 1.82) is 0 Å². The lowest BCUT2D eigenvalue weighted by atomic mass is 10.1. The maximum atomic E-state index is 13.3. The molecule has 1 heterocycles. The summed E-state index contributed by atoms with van der Waals surface area (Å²) in [6.45, 7) is 9.77. The Kier molecular flexibility index (Phi) is 8.73. The van der Waals surface area contributed by atoms with E-state index in [0.717, 1.165) is 48.9 Å². The smallest absolute Gasteiger partial charge is 0.323 e. The van der Waals surface area contributed by atoms with E-state index in [1.54, 1.807) is 13.2 Å². The fraction of sp³-hybridized carbons (Fsp3) is 0.333. The van der Waals surface area contributed by atoms with Crippen molar-refractivity contribution in [2.45, 2.75) is 20.8 Å². The van der Waals surface area contributed by atoms with Crippen LogP contribution in [0.15, 0.2) is 66.7 Å². The van der Waals surface area contributed by atoms with Crippen LogP contribution in [-0.4, -0.2) is 51.8 Å². The van der Waals surface area contributed by atoms with Crippen molar-refractivity contribution < 1.29 is 14.3 Å². The van der Waals surface area contributed by atoms with Crippen LogP contribution in [0.3, 0.4) is 0 Å². The first-order valence-electron chi connectivity index (χ1n) is 13.0. The molecule has 3 aromatic carbocycles. The molecule has 0 aliphatic carbocycles. The Morgan fingerprint density at radius 2 is 1.50 bits per heavy atom. The predicted octanol–water partition coefficient (Wildman–Crippen LogP) is 5.36. The van der Waals surface area contributed by atoms with Crippen LogP contribution in [0.5, 0.6) is 5.75 Å². The van der Waals surface area contributed by atoms with E-state index >= 15 is 0 Å². The molecular weight excluding hydrogens is 478 g/mol. The summed E-state index contributed by atoms with van der Waals surface area (Å²) in [5.41, 5.74) is 4.80. The predicted molar refractivity (Wildman–Crippen MR) is 155 cm³/mol. The molecule has 8 nitrogen and oxygen atoms in total. The Bertz CT molecular complexity index is 1270. The first kappa shape index (κ1) is 26.9. The van der Waals surface area contributed by atoms with Gasteiger partial charge < -0.3 is 30.5 Å². The molecule has 0 atom stereocenters. The van der Waals surface area contributed by atoms with Crippen LogP contribution < -0.4 is 30.5 Å². The molecule has 38 heavy (non-hydrogen) atoms. The topological polar surface area (TPSA) is 85.9 Å². The number of urea groups is 1. The zero-order chi connectivity index (χ0) is 27.1. The fourth-order valence-electron chi connectivity index (χ4n) is 4.56. The molecule has 0 unspecified atom stereocenters. The van der Waals surface area contributed by atoms with Crippen molar-refractivity contribution in [1.82, 2.24) is 5.32 Å². The third-order valence-electron chi connectivity index (χ3n) is 6.49. The third-order valence-corrected chi connectivity index (χ3v) is 6.49. The molecule has 1 aliphatic rings. The van der Waals surface area contributed by atoms with Gasteiger partial charge in [0.2, 0.25) is 0 Å². The third kappa shape index (κ3) is 6.76. The fourth-order valence-corrected chi connectivity index (χ4v) is 4.56. The summed E-state index contributed by atoms with van der Waals surface area (Å²) in [5, 5.41) is 8.75. The van der Waals surface area contributed by atoms with Crippen molar-refractivity contribution in [3.63, 3.8) is 0 Å². The van der Waals surface area contributed by atoms with Crippen molar-refractivity contribution >= 4 is 34.7 Å². The van der Waals surface area contributed by atoms with E-state index in [9.17, 15) is 9.59 Å². The highest BCUT2D eigenvalue weighted by Crippen LogP contribution is 2.31. The van der Waals surface area contributed by atoms with Gasteiger partial charge in [0.1, 0.15) is 5.75 Å². The van der Waals surface area contributed by atoms with Crippen LogP contribution in [0.4, 0.5) is 27.5 Å². The number of nitrogens with zero attached hydrogens (tertiary/aromatic N) is 2. The minimum Gasteiger partial charge on any atom is -0.495 e. The van der Waals surface area contributed by atoms with E-state index in [4.69, 9.17) is 4.74 Å². The Morgan fingerprint density at radius 1 is 0.842 bits per heavy atom. The minimum atomic E-state index is -0.359. The molecule has 200 valence electrons. The number of ether oxygens (including phenoxy) is 1. The second-order valence-electron chi connectivity index (χ2n) is 9.93. The molecule has 1 aliphatic heterocycles. The highest BCUT2D eigenvalue weighted by atomic mass is 16.5. The average molecular weight is 516 g/mol. The Labute approximate surface area is 225 Å². The van der Waals surface area contributed by atoms with Gasteiger partial charge >= 0.3 is 6.03 Å². The van der Waals surface area contributed by atoms with Gasteiger partial charge in [-0.2, -0.15) is 0 Å². The van der Waals surface area contributed by atoms with Crippen molar-refractivity contribution in [3.05, 3.63) is 77.9 Å². The number of amides is 3. The number of para-hydroxylation sites is 2. The maximum absolute atomic E-state index is 13.3. The monoisotopic (exact) mass is 515 g/mol. The highest BCUT2D eigenvalue weighted by Gasteiger charge is 2.24. The summed E-state index contributed by atoms with van der Waals surface area (Å²) in [4.78, 5) is 30.4. The quantitative estimate of drug-likeness (QED) is 0.376. The SMILES string of the molecule is COc1ccccc1N1CCN(c2ccc(NC(=O)Nc3cccc(C)c3)cc2C(=O)NCC(C)C)CC1. The van der Waals surface area contributed by atoms with Gasteiger partial charge in [-0.1, -0.05) is 38.1 Å². The van der Waals surface area contributed by atoms with E-state index in [2.05, 4.69) is 45.7 Å².